The second-order valence-electron chi connectivity index (χ2n) is 5.18. The van der Waals surface area contributed by atoms with Crippen LogP contribution in [0.2, 0.25) is 0 Å². The van der Waals surface area contributed by atoms with Gasteiger partial charge in [-0.2, -0.15) is 5.26 Å². The van der Waals surface area contributed by atoms with Crippen LogP contribution in [0.3, 0.4) is 0 Å². The summed E-state index contributed by atoms with van der Waals surface area (Å²) in [4.78, 5) is 16.5. The van der Waals surface area contributed by atoms with E-state index in [1.807, 2.05) is 38.1 Å². The fraction of sp³-hybridized carbons (Fsp3) is 0.353. The number of ether oxygens (including phenoxy) is 1. The van der Waals surface area contributed by atoms with Gasteiger partial charge in [-0.05, 0) is 31.9 Å². The molecule has 2 unspecified atom stereocenters. The first kappa shape index (κ1) is 15.0. The molecule has 0 radical (unpaired) electrons. The lowest BCUT2D eigenvalue weighted by atomic mass is 9.75. The van der Waals surface area contributed by atoms with Crippen molar-refractivity contribution in [2.45, 2.75) is 26.7 Å². The van der Waals surface area contributed by atoms with E-state index < -0.39 is 11.9 Å². The minimum atomic E-state index is -0.455. The minimum Gasteiger partial charge on any atom is -0.466 e. The van der Waals surface area contributed by atoms with Crippen molar-refractivity contribution in [2.24, 2.45) is 10.9 Å². The predicted molar refractivity (Wildman–Crippen MR) is 80.8 cm³/mol. The molecule has 0 saturated heterocycles. The van der Waals surface area contributed by atoms with E-state index in [0.29, 0.717) is 11.3 Å². The Morgan fingerprint density at radius 3 is 2.52 bits per heavy atom. The number of nitriles is 1. The molecular formula is C17H18N2O2. The molecule has 4 heteroatoms. The fourth-order valence-electron chi connectivity index (χ4n) is 2.85. The highest BCUT2D eigenvalue weighted by Gasteiger charge is 2.38. The zero-order valence-corrected chi connectivity index (χ0v) is 12.7. The summed E-state index contributed by atoms with van der Waals surface area (Å²) >= 11 is 0. The molecule has 0 N–H and O–H groups in total. The minimum absolute atomic E-state index is 0.332. The molecule has 2 atom stereocenters. The first-order valence-electron chi connectivity index (χ1n) is 6.80. The Hall–Kier alpha value is -2.41. The molecule has 0 aromatic heterocycles. The molecule has 2 rings (SSSR count). The molecule has 0 fully saturated rings. The Morgan fingerprint density at radius 2 is 1.95 bits per heavy atom. The molecule has 1 aliphatic heterocycles. The van der Waals surface area contributed by atoms with Gasteiger partial charge in [0.05, 0.1) is 24.7 Å². The fourth-order valence-corrected chi connectivity index (χ4v) is 2.85. The van der Waals surface area contributed by atoms with Gasteiger partial charge in [-0.15, -0.1) is 0 Å². The zero-order valence-electron chi connectivity index (χ0n) is 12.7. The first-order chi connectivity index (χ1) is 10.0. The van der Waals surface area contributed by atoms with E-state index in [0.717, 1.165) is 16.8 Å². The molecule has 0 saturated carbocycles. The highest BCUT2D eigenvalue weighted by molar-refractivity contribution is 5.98. The van der Waals surface area contributed by atoms with Crippen LogP contribution in [0, 0.1) is 24.2 Å². The molecule has 1 aliphatic rings. The van der Waals surface area contributed by atoms with Crippen LogP contribution >= 0.6 is 0 Å². The quantitative estimate of drug-likeness (QED) is 0.783. The van der Waals surface area contributed by atoms with Crippen molar-refractivity contribution in [1.29, 1.82) is 5.26 Å². The zero-order chi connectivity index (χ0) is 15.6. The number of carbonyl (C=O) groups is 1. The summed E-state index contributed by atoms with van der Waals surface area (Å²) in [6.07, 6.45) is 0. The van der Waals surface area contributed by atoms with Crippen molar-refractivity contribution < 1.29 is 9.53 Å². The number of hydrogen-bond acceptors (Lipinski definition) is 4. The van der Waals surface area contributed by atoms with Crippen LogP contribution in [0.25, 0.3) is 0 Å². The summed E-state index contributed by atoms with van der Waals surface area (Å²) in [6, 6.07) is 10.1. The van der Waals surface area contributed by atoms with Crippen molar-refractivity contribution in [1.82, 2.24) is 0 Å². The van der Waals surface area contributed by atoms with E-state index in [2.05, 4.69) is 11.1 Å². The SMILES string of the molecule is COC(=O)C1=C(C)N=C(C)C(C#N)C1c1ccccc1C. The van der Waals surface area contributed by atoms with Gasteiger partial charge >= 0.3 is 5.97 Å². The average Bonchev–Trinajstić information content (AvgIpc) is 2.46. The van der Waals surface area contributed by atoms with Gasteiger partial charge in [0.15, 0.2) is 0 Å². The Kier molecular flexibility index (Phi) is 4.23. The third-order valence-corrected chi connectivity index (χ3v) is 3.90. The van der Waals surface area contributed by atoms with Crippen LogP contribution in [0.15, 0.2) is 40.5 Å². The Morgan fingerprint density at radius 1 is 1.29 bits per heavy atom. The predicted octanol–water partition coefficient (Wildman–Crippen LogP) is 3.14. The number of aryl methyl sites for hydroxylation is 1. The summed E-state index contributed by atoms with van der Waals surface area (Å²) in [7, 11) is 1.35. The summed E-state index contributed by atoms with van der Waals surface area (Å²) < 4.78 is 4.90. The second kappa shape index (κ2) is 5.92. The normalized spacial score (nSPS) is 21.6. The van der Waals surface area contributed by atoms with Gasteiger partial charge in [0.1, 0.15) is 0 Å². The number of rotatable bonds is 2. The van der Waals surface area contributed by atoms with E-state index in [4.69, 9.17) is 4.74 Å². The largest absolute Gasteiger partial charge is 0.466 e. The molecule has 0 spiro atoms. The highest BCUT2D eigenvalue weighted by Crippen LogP contribution is 2.40. The van der Waals surface area contributed by atoms with Crippen LogP contribution < -0.4 is 0 Å². The maximum absolute atomic E-state index is 12.2. The van der Waals surface area contributed by atoms with Gasteiger partial charge in [0.25, 0.3) is 0 Å². The summed E-state index contributed by atoms with van der Waals surface area (Å²) in [5, 5.41) is 9.54. The van der Waals surface area contributed by atoms with Crippen LogP contribution in [-0.4, -0.2) is 18.8 Å². The molecule has 21 heavy (non-hydrogen) atoms. The standard InChI is InChI=1S/C17H18N2O2/c1-10-7-5-6-8-13(10)16-14(9-18)11(2)19-12(3)15(16)17(20)21-4/h5-8,14,16H,1-4H3. The van der Waals surface area contributed by atoms with Crippen LogP contribution in [-0.2, 0) is 9.53 Å². The molecule has 0 bridgehead atoms. The Bertz CT molecular complexity index is 680. The number of aliphatic imine (C=N–C) groups is 1. The number of hydrogen-bond donors (Lipinski definition) is 0. The van der Waals surface area contributed by atoms with E-state index in [9.17, 15) is 10.1 Å². The number of nitrogens with zero attached hydrogens (tertiary/aromatic N) is 2. The summed E-state index contributed by atoms with van der Waals surface area (Å²) in [5.41, 5.74) is 3.85. The van der Waals surface area contributed by atoms with E-state index in [1.165, 1.54) is 7.11 Å². The molecular weight excluding hydrogens is 264 g/mol. The van der Waals surface area contributed by atoms with Crippen LogP contribution in [0.1, 0.15) is 30.9 Å². The third-order valence-electron chi connectivity index (χ3n) is 3.90. The molecule has 0 aliphatic carbocycles. The lowest BCUT2D eigenvalue weighted by Crippen LogP contribution is -2.29. The second-order valence-corrected chi connectivity index (χ2v) is 5.18. The lowest BCUT2D eigenvalue weighted by molar-refractivity contribution is -0.136. The monoisotopic (exact) mass is 282 g/mol. The van der Waals surface area contributed by atoms with Gasteiger partial charge in [-0.3, -0.25) is 4.99 Å². The molecule has 1 aromatic carbocycles. The molecule has 0 amide bonds. The molecule has 1 heterocycles. The van der Waals surface area contributed by atoms with Crippen molar-refractivity contribution >= 4 is 11.7 Å². The van der Waals surface area contributed by atoms with Gasteiger partial charge in [-0.25, -0.2) is 4.79 Å². The average molecular weight is 282 g/mol. The summed E-state index contributed by atoms with van der Waals surface area (Å²) in [6.45, 7) is 5.60. The number of benzene rings is 1. The Labute approximate surface area is 124 Å². The van der Waals surface area contributed by atoms with Crippen LogP contribution in [0.5, 0.6) is 0 Å². The lowest BCUT2D eigenvalue weighted by Gasteiger charge is -2.29. The van der Waals surface area contributed by atoms with E-state index >= 15 is 0 Å². The van der Waals surface area contributed by atoms with Crippen molar-refractivity contribution in [2.75, 3.05) is 7.11 Å². The van der Waals surface area contributed by atoms with Gasteiger partial charge < -0.3 is 4.74 Å². The maximum Gasteiger partial charge on any atom is 0.336 e. The van der Waals surface area contributed by atoms with Crippen molar-refractivity contribution in [3.8, 4) is 6.07 Å². The topological polar surface area (TPSA) is 62.4 Å². The third kappa shape index (κ3) is 2.59. The Balaban J connectivity index is 2.68. The van der Waals surface area contributed by atoms with Gasteiger partial charge in [0.2, 0.25) is 0 Å². The number of esters is 1. The first-order valence-corrected chi connectivity index (χ1v) is 6.80. The van der Waals surface area contributed by atoms with Gasteiger partial charge in [-0.1, -0.05) is 24.3 Å². The van der Waals surface area contributed by atoms with Gasteiger partial charge in [0, 0.05) is 17.3 Å². The number of methoxy groups -OCH3 is 1. The smallest absolute Gasteiger partial charge is 0.336 e. The van der Waals surface area contributed by atoms with Crippen molar-refractivity contribution in [3.05, 3.63) is 46.7 Å². The number of allylic oxidation sites excluding steroid dienone is 1. The van der Waals surface area contributed by atoms with E-state index in [1.54, 1.807) is 6.92 Å². The van der Waals surface area contributed by atoms with E-state index in [-0.39, 0.29) is 5.92 Å². The molecule has 4 nitrogen and oxygen atoms in total. The van der Waals surface area contributed by atoms with Crippen molar-refractivity contribution in [3.63, 3.8) is 0 Å². The number of carbonyl (C=O) groups excluding carboxylic acids is 1. The van der Waals surface area contributed by atoms with Crippen LogP contribution in [0.4, 0.5) is 0 Å². The molecule has 108 valence electrons. The molecule has 1 aromatic rings. The maximum atomic E-state index is 12.2. The highest BCUT2D eigenvalue weighted by atomic mass is 16.5. The summed E-state index contributed by atoms with van der Waals surface area (Å²) in [5.74, 6) is -1.21.